The van der Waals surface area contributed by atoms with Gasteiger partial charge in [-0.1, -0.05) is 5.57 Å². The summed E-state index contributed by atoms with van der Waals surface area (Å²) in [7, 11) is 1.18. The lowest BCUT2D eigenvalue weighted by Gasteiger charge is -2.16. The van der Waals surface area contributed by atoms with E-state index in [0.29, 0.717) is 5.57 Å². The van der Waals surface area contributed by atoms with E-state index in [-0.39, 0.29) is 12.0 Å². The van der Waals surface area contributed by atoms with E-state index in [1.54, 1.807) is 6.92 Å². The van der Waals surface area contributed by atoms with Crippen molar-refractivity contribution in [3.05, 3.63) is 47.5 Å². The minimum Gasteiger partial charge on any atom is -0.467 e. The number of alkyl halides is 3. The summed E-state index contributed by atoms with van der Waals surface area (Å²) in [6.45, 7) is 5.33. The summed E-state index contributed by atoms with van der Waals surface area (Å²) in [5.41, 5.74) is -0.178. The number of nitrogens with one attached hydrogen (secondary N) is 1. The SMILES string of the molecule is C=C(C)C[C@@H](NC(=O)c1ccc(C(F)(F)F)cc1)C(=O)OC. The van der Waals surface area contributed by atoms with Gasteiger partial charge in [-0.25, -0.2) is 4.79 Å². The third-order valence-electron chi connectivity index (χ3n) is 2.82. The van der Waals surface area contributed by atoms with Crippen LogP contribution in [0, 0.1) is 0 Å². The van der Waals surface area contributed by atoms with Crippen molar-refractivity contribution in [1.29, 1.82) is 0 Å². The van der Waals surface area contributed by atoms with Gasteiger partial charge in [-0.3, -0.25) is 4.79 Å². The van der Waals surface area contributed by atoms with Crippen LogP contribution >= 0.6 is 0 Å². The van der Waals surface area contributed by atoms with Crippen LogP contribution in [0.4, 0.5) is 13.2 Å². The van der Waals surface area contributed by atoms with Crippen LogP contribution in [0.15, 0.2) is 36.4 Å². The molecule has 1 N–H and O–H groups in total. The number of methoxy groups -OCH3 is 1. The molecule has 0 saturated heterocycles. The summed E-state index contributed by atoms with van der Waals surface area (Å²) < 4.78 is 41.9. The average molecular weight is 315 g/mol. The molecule has 1 aromatic rings. The summed E-state index contributed by atoms with van der Waals surface area (Å²) >= 11 is 0. The van der Waals surface area contributed by atoms with Crippen molar-refractivity contribution in [2.75, 3.05) is 7.11 Å². The van der Waals surface area contributed by atoms with Crippen molar-refractivity contribution >= 4 is 11.9 Å². The molecule has 22 heavy (non-hydrogen) atoms. The Morgan fingerprint density at radius 2 is 1.82 bits per heavy atom. The van der Waals surface area contributed by atoms with Crippen molar-refractivity contribution in [1.82, 2.24) is 5.32 Å². The van der Waals surface area contributed by atoms with Crippen molar-refractivity contribution in [3.63, 3.8) is 0 Å². The lowest BCUT2D eigenvalue weighted by molar-refractivity contribution is -0.142. The van der Waals surface area contributed by atoms with Crippen LogP contribution in [-0.2, 0) is 15.7 Å². The smallest absolute Gasteiger partial charge is 0.416 e. The number of esters is 1. The van der Waals surface area contributed by atoms with Crippen molar-refractivity contribution in [2.45, 2.75) is 25.6 Å². The van der Waals surface area contributed by atoms with Gasteiger partial charge in [0, 0.05) is 5.56 Å². The first kappa shape index (κ1) is 17.7. The molecule has 0 spiro atoms. The van der Waals surface area contributed by atoms with Gasteiger partial charge < -0.3 is 10.1 Å². The molecule has 0 unspecified atom stereocenters. The molecule has 0 aromatic heterocycles. The normalized spacial score (nSPS) is 12.4. The molecule has 1 amide bonds. The maximum atomic E-state index is 12.5. The van der Waals surface area contributed by atoms with Gasteiger partial charge in [-0.15, -0.1) is 6.58 Å². The first-order valence-corrected chi connectivity index (χ1v) is 6.35. The molecule has 0 bridgehead atoms. The highest BCUT2D eigenvalue weighted by Gasteiger charge is 2.30. The number of ether oxygens (including phenoxy) is 1. The van der Waals surface area contributed by atoms with Crippen molar-refractivity contribution in [2.24, 2.45) is 0 Å². The number of benzene rings is 1. The molecule has 0 aliphatic carbocycles. The van der Waals surface area contributed by atoms with E-state index in [9.17, 15) is 22.8 Å². The summed E-state index contributed by atoms with van der Waals surface area (Å²) in [6.07, 6.45) is -4.29. The molecule has 0 fully saturated rings. The third kappa shape index (κ3) is 4.91. The van der Waals surface area contributed by atoms with Gasteiger partial charge in [0.1, 0.15) is 6.04 Å². The molecule has 1 rings (SSSR count). The van der Waals surface area contributed by atoms with Gasteiger partial charge in [-0.05, 0) is 37.6 Å². The molecule has 0 saturated carbocycles. The van der Waals surface area contributed by atoms with Crippen LogP contribution < -0.4 is 5.32 Å². The summed E-state index contributed by atoms with van der Waals surface area (Å²) in [6, 6.07) is 2.78. The maximum absolute atomic E-state index is 12.5. The van der Waals surface area contributed by atoms with Gasteiger partial charge in [0.2, 0.25) is 0 Å². The predicted octanol–water partition coefficient (Wildman–Crippen LogP) is 2.94. The monoisotopic (exact) mass is 315 g/mol. The molecule has 1 atom stereocenters. The summed E-state index contributed by atoms with van der Waals surface area (Å²) in [5, 5.41) is 2.42. The second kappa shape index (κ2) is 7.11. The van der Waals surface area contributed by atoms with E-state index in [0.717, 1.165) is 24.3 Å². The molecule has 7 heteroatoms. The number of rotatable bonds is 5. The minimum atomic E-state index is -4.47. The lowest BCUT2D eigenvalue weighted by atomic mass is 10.1. The molecule has 0 heterocycles. The fraction of sp³-hybridized carbons (Fsp3) is 0.333. The van der Waals surface area contributed by atoms with Gasteiger partial charge >= 0.3 is 12.1 Å². The van der Waals surface area contributed by atoms with Crippen LogP contribution in [0.2, 0.25) is 0 Å². The van der Waals surface area contributed by atoms with Crippen LogP contribution in [0.5, 0.6) is 0 Å². The second-order valence-corrected chi connectivity index (χ2v) is 4.79. The number of hydrogen-bond donors (Lipinski definition) is 1. The average Bonchev–Trinajstić information content (AvgIpc) is 2.44. The van der Waals surface area contributed by atoms with E-state index in [2.05, 4.69) is 16.6 Å². The molecule has 120 valence electrons. The largest absolute Gasteiger partial charge is 0.467 e. The van der Waals surface area contributed by atoms with Gasteiger partial charge in [0.05, 0.1) is 12.7 Å². The first-order chi connectivity index (χ1) is 10.1. The standard InChI is InChI=1S/C15H16F3NO3/c1-9(2)8-12(14(21)22-3)19-13(20)10-4-6-11(7-5-10)15(16,17)18/h4-7,12H,1,8H2,2-3H3,(H,19,20)/t12-/m1/s1. The zero-order chi connectivity index (χ0) is 16.9. The predicted molar refractivity (Wildman–Crippen MR) is 74.1 cm³/mol. The number of carbonyl (C=O) groups excluding carboxylic acids is 2. The summed E-state index contributed by atoms with van der Waals surface area (Å²) in [4.78, 5) is 23.6. The van der Waals surface area contributed by atoms with E-state index in [1.165, 1.54) is 7.11 Å². The highest BCUT2D eigenvalue weighted by atomic mass is 19.4. The van der Waals surface area contributed by atoms with Gasteiger partial charge in [0.25, 0.3) is 5.91 Å². The first-order valence-electron chi connectivity index (χ1n) is 6.35. The van der Waals surface area contributed by atoms with E-state index in [4.69, 9.17) is 0 Å². The van der Waals surface area contributed by atoms with Crippen LogP contribution in [0.3, 0.4) is 0 Å². The molecule has 0 aliphatic heterocycles. The number of halogens is 3. The van der Waals surface area contributed by atoms with Crippen molar-refractivity contribution < 1.29 is 27.5 Å². The van der Waals surface area contributed by atoms with E-state index < -0.39 is 29.7 Å². The third-order valence-corrected chi connectivity index (χ3v) is 2.82. The van der Waals surface area contributed by atoms with Crippen LogP contribution in [0.25, 0.3) is 0 Å². The van der Waals surface area contributed by atoms with Gasteiger partial charge in [0.15, 0.2) is 0 Å². The Balaban J connectivity index is 2.86. The van der Waals surface area contributed by atoms with Crippen LogP contribution in [-0.4, -0.2) is 25.0 Å². The van der Waals surface area contributed by atoms with E-state index >= 15 is 0 Å². The highest BCUT2D eigenvalue weighted by Crippen LogP contribution is 2.29. The molecule has 4 nitrogen and oxygen atoms in total. The zero-order valence-corrected chi connectivity index (χ0v) is 12.2. The second-order valence-electron chi connectivity index (χ2n) is 4.79. The Morgan fingerprint density at radius 3 is 2.23 bits per heavy atom. The Bertz CT molecular complexity index is 564. The Morgan fingerprint density at radius 1 is 1.27 bits per heavy atom. The number of hydrogen-bond acceptors (Lipinski definition) is 3. The highest BCUT2D eigenvalue weighted by molar-refractivity contribution is 5.96. The van der Waals surface area contributed by atoms with Crippen molar-refractivity contribution in [3.8, 4) is 0 Å². The zero-order valence-electron chi connectivity index (χ0n) is 12.2. The molecule has 1 aromatic carbocycles. The molecule has 0 aliphatic rings. The molecular weight excluding hydrogens is 299 g/mol. The molecule has 0 radical (unpaired) electrons. The van der Waals surface area contributed by atoms with Crippen LogP contribution in [0.1, 0.15) is 29.3 Å². The van der Waals surface area contributed by atoms with E-state index in [1.807, 2.05) is 0 Å². The number of carbonyl (C=O) groups is 2. The fourth-order valence-electron chi connectivity index (χ4n) is 1.74. The lowest BCUT2D eigenvalue weighted by Crippen LogP contribution is -2.41. The fourth-order valence-corrected chi connectivity index (χ4v) is 1.74. The topological polar surface area (TPSA) is 55.4 Å². The Labute approximate surface area is 126 Å². The minimum absolute atomic E-state index is 0.0172. The Hall–Kier alpha value is -2.31. The maximum Gasteiger partial charge on any atom is 0.416 e. The Kier molecular flexibility index (Phi) is 5.73. The van der Waals surface area contributed by atoms with Gasteiger partial charge in [-0.2, -0.15) is 13.2 Å². The molecular formula is C15H16F3NO3. The quantitative estimate of drug-likeness (QED) is 0.671. The number of amides is 1. The summed E-state index contributed by atoms with van der Waals surface area (Å²) in [5.74, 6) is -1.31.